The maximum Gasteiger partial charge on any atom is 0.203 e. The van der Waals surface area contributed by atoms with Crippen LogP contribution in [0.2, 0.25) is 0 Å². The predicted molar refractivity (Wildman–Crippen MR) is 150 cm³/mol. The van der Waals surface area contributed by atoms with E-state index < -0.39 is 5.82 Å². The van der Waals surface area contributed by atoms with Crippen molar-refractivity contribution in [3.8, 4) is 17.2 Å². The van der Waals surface area contributed by atoms with Crippen molar-refractivity contribution in [1.29, 1.82) is 5.26 Å². The van der Waals surface area contributed by atoms with Crippen LogP contribution in [0.25, 0.3) is 11.1 Å². The predicted octanol–water partition coefficient (Wildman–Crippen LogP) is 5.20. The second kappa shape index (κ2) is 12.0. The summed E-state index contributed by atoms with van der Waals surface area (Å²) in [6.45, 7) is 0. The van der Waals surface area contributed by atoms with Crippen molar-refractivity contribution in [2.24, 2.45) is 19.2 Å². The summed E-state index contributed by atoms with van der Waals surface area (Å²) < 4.78 is 18.2. The number of hydrogen-bond donors (Lipinski definition) is 0. The fraction of sp³-hybridized carbons (Fsp3) is 0.290. The fourth-order valence-corrected chi connectivity index (χ4v) is 4.87. The summed E-state index contributed by atoms with van der Waals surface area (Å²) >= 11 is 0. The van der Waals surface area contributed by atoms with E-state index in [0.717, 1.165) is 47.5 Å². The summed E-state index contributed by atoms with van der Waals surface area (Å²) in [7, 11) is 3.97. The Morgan fingerprint density at radius 3 is 2.67 bits per heavy atom. The van der Waals surface area contributed by atoms with Gasteiger partial charge in [-0.15, -0.1) is 4.68 Å². The van der Waals surface area contributed by atoms with Crippen LogP contribution in [0.1, 0.15) is 55.8 Å². The van der Waals surface area contributed by atoms with E-state index in [1.54, 1.807) is 12.3 Å². The van der Waals surface area contributed by atoms with Gasteiger partial charge < -0.3 is 0 Å². The maximum absolute atomic E-state index is 14.2. The summed E-state index contributed by atoms with van der Waals surface area (Å²) in [4.78, 5) is 21.6. The Kier molecular flexibility index (Phi) is 8.06. The molecule has 1 aliphatic carbocycles. The lowest BCUT2D eigenvalue weighted by Crippen LogP contribution is -2.35. The lowest BCUT2D eigenvalue weighted by molar-refractivity contribution is -0.751. The van der Waals surface area contributed by atoms with Crippen molar-refractivity contribution >= 4 is 17.2 Å². The molecule has 3 aromatic rings. The molecule has 5 rings (SSSR count). The number of rotatable bonds is 5. The van der Waals surface area contributed by atoms with Crippen molar-refractivity contribution < 1.29 is 13.9 Å². The second-order valence-corrected chi connectivity index (χ2v) is 10.2. The summed E-state index contributed by atoms with van der Waals surface area (Å²) in [5.41, 5.74) is 4.63. The monoisotopic (exact) mass is 536 g/mol. The van der Waals surface area contributed by atoms with Gasteiger partial charge in [-0.25, -0.2) is 19.4 Å². The number of allylic oxidation sites excluding steroid dienone is 5. The van der Waals surface area contributed by atoms with E-state index in [-0.39, 0.29) is 17.3 Å². The quantitative estimate of drug-likeness (QED) is 0.418. The second-order valence-electron chi connectivity index (χ2n) is 10.2. The number of benzene rings is 1. The standard InChI is InChI=1S/C31H31FN7O/c1-37-20-26(21-38(37)2)25-18-34-31(35-19-25)24-7-5-6-22(12-24)14-28-8-3-4-9-30(40)10-11-39(36-28)29-15-23(17-33)13-27(32)16-29/h5-6,10-13,15-16,18-21,24H,3-4,7-9,14H2,1-2H3/q+1. The van der Waals surface area contributed by atoms with Crippen molar-refractivity contribution in [3.63, 3.8) is 0 Å². The van der Waals surface area contributed by atoms with E-state index in [9.17, 15) is 14.4 Å². The largest absolute Gasteiger partial charge is 0.295 e. The minimum atomic E-state index is -0.532. The van der Waals surface area contributed by atoms with E-state index >= 15 is 0 Å². The van der Waals surface area contributed by atoms with Crippen molar-refractivity contribution in [3.05, 3.63) is 96.3 Å². The molecule has 2 aliphatic rings. The van der Waals surface area contributed by atoms with Gasteiger partial charge in [0.2, 0.25) is 6.20 Å². The van der Waals surface area contributed by atoms with Gasteiger partial charge in [-0.2, -0.15) is 15.0 Å². The van der Waals surface area contributed by atoms with Crippen LogP contribution in [-0.2, 0) is 18.9 Å². The van der Waals surface area contributed by atoms with Gasteiger partial charge in [-0.3, -0.25) is 4.79 Å². The lowest BCUT2D eigenvalue weighted by Gasteiger charge is -2.20. The van der Waals surface area contributed by atoms with Crippen LogP contribution in [0.15, 0.2) is 84.2 Å². The summed E-state index contributed by atoms with van der Waals surface area (Å²) in [6, 6.07) is 6.04. The lowest BCUT2D eigenvalue weighted by atomic mass is 9.92. The fourth-order valence-electron chi connectivity index (χ4n) is 4.87. The molecule has 1 aromatic carbocycles. The Balaban J connectivity index is 1.39. The first kappa shape index (κ1) is 26.9. The first-order chi connectivity index (χ1) is 19.4. The van der Waals surface area contributed by atoms with E-state index in [0.29, 0.717) is 24.9 Å². The van der Waals surface area contributed by atoms with Gasteiger partial charge in [0.1, 0.15) is 11.6 Å². The minimum absolute atomic E-state index is 0.00602. The molecule has 0 fully saturated rings. The van der Waals surface area contributed by atoms with Crippen molar-refractivity contribution in [2.45, 2.75) is 44.4 Å². The molecule has 40 heavy (non-hydrogen) atoms. The Morgan fingerprint density at radius 1 is 1.12 bits per heavy atom. The summed E-state index contributed by atoms with van der Waals surface area (Å²) in [5, 5.41) is 15.6. The van der Waals surface area contributed by atoms with Gasteiger partial charge >= 0.3 is 0 Å². The zero-order chi connectivity index (χ0) is 28.1. The number of nitriles is 1. The third-order valence-electron chi connectivity index (χ3n) is 7.10. The maximum atomic E-state index is 14.2. The van der Waals surface area contributed by atoms with Gasteiger partial charge in [0.15, 0.2) is 12.8 Å². The average Bonchev–Trinajstić information content (AvgIpc) is 3.30. The molecule has 202 valence electrons. The Labute approximate surface area is 233 Å². The first-order valence-corrected chi connectivity index (χ1v) is 13.4. The average molecular weight is 537 g/mol. The van der Waals surface area contributed by atoms with Crippen LogP contribution in [0.4, 0.5) is 10.1 Å². The molecule has 9 heteroatoms. The summed E-state index contributed by atoms with van der Waals surface area (Å²) in [5.74, 6) is 0.283. The van der Waals surface area contributed by atoms with Crippen LogP contribution in [-0.4, -0.2) is 26.1 Å². The highest BCUT2D eigenvalue weighted by atomic mass is 19.1. The smallest absolute Gasteiger partial charge is 0.203 e. The molecular formula is C31H31FN7O+. The van der Waals surface area contributed by atoms with Crippen LogP contribution in [0.3, 0.4) is 0 Å². The topological polar surface area (TPSA) is 91.0 Å². The highest BCUT2D eigenvalue weighted by Gasteiger charge is 2.18. The molecule has 1 unspecified atom stereocenters. The number of hydrazone groups is 1. The van der Waals surface area contributed by atoms with Gasteiger partial charge in [0.25, 0.3) is 0 Å². The number of aryl methyl sites for hydroxylation is 2. The number of nitrogens with zero attached hydrogens (tertiary/aromatic N) is 7. The number of carbonyl (C=O) groups is 1. The number of anilines is 1. The zero-order valence-electron chi connectivity index (χ0n) is 22.7. The number of hydrogen-bond acceptors (Lipinski definition) is 6. The Hall–Kier alpha value is -4.71. The SMILES string of the molecule is Cn1cc(-c2cnc(C3C=C(CC4=NN(c5cc(F)cc(C#N)c5)C=CC(=O)CCCC4)C=CC3)nc2)c[n+]1C. The van der Waals surface area contributed by atoms with Crippen LogP contribution in [0.5, 0.6) is 0 Å². The van der Waals surface area contributed by atoms with E-state index in [4.69, 9.17) is 5.10 Å². The first-order valence-electron chi connectivity index (χ1n) is 13.4. The van der Waals surface area contributed by atoms with Gasteiger partial charge in [0, 0.05) is 48.6 Å². The third kappa shape index (κ3) is 6.46. The van der Waals surface area contributed by atoms with E-state index in [1.165, 1.54) is 23.2 Å². The molecule has 0 spiro atoms. The molecule has 1 aliphatic heterocycles. The molecule has 1 atom stereocenters. The van der Waals surface area contributed by atoms with Crippen LogP contribution in [0, 0.1) is 17.1 Å². The van der Waals surface area contributed by atoms with E-state index in [2.05, 4.69) is 28.2 Å². The number of halogens is 1. The molecule has 0 bridgehead atoms. The van der Waals surface area contributed by atoms with Gasteiger partial charge in [-0.1, -0.05) is 18.2 Å². The van der Waals surface area contributed by atoms with Gasteiger partial charge in [0.05, 0.1) is 36.1 Å². The van der Waals surface area contributed by atoms with E-state index in [1.807, 2.05) is 54.3 Å². The molecule has 3 heterocycles. The Morgan fingerprint density at radius 2 is 1.93 bits per heavy atom. The highest BCUT2D eigenvalue weighted by Crippen LogP contribution is 2.29. The molecular weight excluding hydrogens is 505 g/mol. The normalized spacial score (nSPS) is 17.8. The number of carbonyl (C=O) groups excluding carboxylic acids is 1. The minimum Gasteiger partial charge on any atom is -0.295 e. The molecule has 0 N–H and O–H groups in total. The van der Waals surface area contributed by atoms with Crippen LogP contribution >= 0.6 is 0 Å². The third-order valence-corrected chi connectivity index (χ3v) is 7.10. The number of ketones is 1. The molecule has 2 aromatic heterocycles. The molecule has 0 radical (unpaired) electrons. The molecule has 0 saturated heterocycles. The summed E-state index contributed by atoms with van der Waals surface area (Å²) in [6.07, 6.45) is 21.4. The Bertz CT molecular complexity index is 1550. The van der Waals surface area contributed by atoms with Crippen molar-refractivity contribution in [1.82, 2.24) is 14.6 Å². The molecule has 8 nitrogen and oxygen atoms in total. The zero-order valence-corrected chi connectivity index (χ0v) is 22.7. The van der Waals surface area contributed by atoms with Crippen LogP contribution < -0.4 is 9.69 Å². The molecule has 0 amide bonds. The van der Waals surface area contributed by atoms with Gasteiger partial charge in [-0.05, 0) is 55.5 Å². The number of aromatic nitrogens is 4. The molecule has 0 saturated carbocycles. The highest BCUT2D eigenvalue weighted by molar-refractivity contribution is 5.91. The van der Waals surface area contributed by atoms with Crippen molar-refractivity contribution in [2.75, 3.05) is 5.01 Å².